The summed E-state index contributed by atoms with van der Waals surface area (Å²) in [5.74, 6) is -0.171. The van der Waals surface area contributed by atoms with E-state index in [2.05, 4.69) is 0 Å². The minimum Gasteiger partial charge on any atom is -0.462 e. The zero-order chi connectivity index (χ0) is 20.0. The number of unbranched alkanes of at least 4 members (excludes halogenated alkanes) is 16. The van der Waals surface area contributed by atoms with E-state index < -0.39 is 0 Å². The van der Waals surface area contributed by atoms with Crippen molar-refractivity contribution >= 4 is 5.97 Å². The number of hydrogen-bond donors (Lipinski definition) is 1. The van der Waals surface area contributed by atoms with E-state index in [0.717, 1.165) is 12.8 Å². The van der Waals surface area contributed by atoms with Crippen LogP contribution < -0.4 is 0 Å². The molecule has 0 aromatic heterocycles. The van der Waals surface area contributed by atoms with Gasteiger partial charge in [0.1, 0.15) is 0 Å². The molecule has 0 radical (unpaired) electrons. The molecular formula is C24H46O3. The Bertz CT molecular complexity index is 350. The average Bonchev–Trinajstić information content (AvgIpc) is 2.68. The molecule has 0 atom stereocenters. The number of carbonyl (C=O) groups is 1. The van der Waals surface area contributed by atoms with E-state index in [0.29, 0.717) is 18.8 Å². The van der Waals surface area contributed by atoms with Gasteiger partial charge in [0.2, 0.25) is 0 Å². The van der Waals surface area contributed by atoms with Crippen molar-refractivity contribution in [3.05, 3.63) is 11.6 Å². The molecule has 0 rings (SSSR count). The van der Waals surface area contributed by atoms with Gasteiger partial charge >= 0.3 is 5.97 Å². The van der Waals surface area contributed by atoms with Crippen LogP contribution in [-0.4, -0.2) is 24.3 Å². The second-order valence-corrected chi connectivity index (χ2v) is 7.84. The van der Waals surface area contributed by atoms with Crippen molar-refractivity contribution in [3.8, 4) is 0 Å². The highest BCUT2D eigenvalue weighted by Crippen LogP contribution is 2.14. The first-order valence-corrected chi connectivity index (χ1v) is 11.6. The van der Waals surface area contributed by atoms with Crippen LogP contribution >= 0.6 is 0 Å². The van der Waals surface area contributed by atoms with Crippen molar-refractivity contribution in [2.75, 3.05) is 13.2 Å². The summed E-state index contributed by atoms with van der Waals surface area (Å²) < 4.78 is 5.21. The largest absolute Gasteiger partial charge is 0.462 e. The Morgan fingerprint density at radius 1 is 0.667 bits per heavy atom. The number of hydrogen-bond acceptors (Lipinski definition) is 3. The van der Waals surface area contributed by atoms with Crippen LogP contribution in [0.2, 0.25) is 0 Å². The molecule has 1 N–H and O–H groups in total. The first kappa shape index (κ1) is 26.2. The van der Waals surface area contributed by atoms with Crippen LogP contribution in [0, 0.1) is 0 Å². The predicted octanol–water partition coefficient (Wildman–Crippen LogP) is 7.12. The van der Waals surface area contributed by atoms with Gasteiger partial charge in [-0.05, 0) is 26.7 Å². The minimum atomic E-state index is -0.171. The SMILES string of the molecule is CC=C(C)C(=O)OCCCCCCCCCCCCCCCCCCCO. The van der Waals surface area contributed by atoms with Gasteiger partial charge in [-0.1, -0.05) is 102 Å². The molecule has 3 nitrogen and oxygen atoms in total. The Balaban J connectivity index is 3.10. The maximum absolute atomic E-state index is 11.5. The van der Waals surface area contributed by atoms with Crippen molar-refractivity contribution in [2.45, 2.75) is 123 Å². The van der Waals surface area contributed by atoms with E-state index in [4.69, 9.17) is 9.84 Å². The van der Waals surface area contributed by atoms with Gasteiger partial charge in [-0.2, -0.15) is 0 Å². The van der Waals surface area contributed by atoms with Crippen molar-refractivity contribution in [2.24, 2.45) is 0 Å². The molecule has 0 aliphatic heterocycles. The molecule has 0 aliphatic carbocycles. The third-order valence-electron chi connectivity index (χ3n) is 5.29. The summed E-state index contributed by atoms with van der Waals surface area (Å²) >= 11 is 0. The zero-order valence-corrected chi connectivity index (χ0v) is 18.3. The smallest absolute Gasteiger partial charge is 0.333 e. The lowest BCUT2D eigenvalue weighted by Gasteiger charge is -2.05. The van der Waals surface area contributed by atoms with Gasteiger partial charge in [-0.15, -0.1) is 0 Å². The summed E-state index contributed by atoms with van der Waals surface area (Å²) in [4.78, 5) is 11.5. The van der Waals surface area contributed by atoms with Crippen molar-refractivity contribution in [1.29, 1.82) is 0 Å². The third kappa shape index (κ3) is 19.7. The molecule has 0 aliphatic rings. The van der Waals surface area contributed by atoms with Crippen LogP contribution in [-0.2, 0) is 9.53 Å². The molecule has 0 fully saturated rings. The van der Waals surface area contributed by atoms with Crippen LogP contribution in [0.5, 0.6) is 0 Å². The highest BCUT2D eigenvalue weighted by molar-refractivity contribution is 5.87. The van der Waals surface area contributed by atoms with E-state index in [-0.39, 0.29) is 5.97 Å². The van der Waals surface area contributed by atoms with E-state index >= 15 is 0 Å². The molecule has 0 saturated carbocycles. The summed E-state index contributed by atoms with van der Waals surface area (Å²) in [5.41, 5.74) is 0.698. The van der Waals surface area contributed by atoms with Crippen LogP contribution in [0.3, 0.4) is 0 Å². The molecule has 0 bridgehead atoms. The monoisotopic (exact) mass is 382 g/mol. The molecule has 27 heavy (non-hydrogen) atoms. The van der Waals surface area contributed by atoms with Crippen molar-refractivity contribution < 1.29 is 14.6 Å². The number of ether oxygens (including phenoxy) is 1. The van der Waals surface area contributed by atoms with E-state index in [1.165, 1.54) is 96.3 Å². The van der Waals surface area contributed by atoms with E-state index in [1.807, 2.05) is 6.92 Å². The fourth-order valence-corrected chi connectivity index (χ4v) is 3.26. The second kappa shape index (κ2) is 21.5. The number of aliphatic hydroxyl groups excluding tert-OH is 1. The fourth-order valence-electron chi connectivity index (χ4n) is 3.26. The Morgan fingerprint density at radius 2 is 1.00 bits per heavy atom. The summed E-state index contributed by atoms with van der Waals surface area (Å²) in [5, 5.41) is 8.72. The highest BCUT2D eigenvalue weighted by atomic mass is 16.5. The molecular weight excluding hydrogens is 336 g/mol. The highest BCUT2D eigenvalue weighted by Gasteiger charge is 2.03. The number of aliphatic hydroxyl groups is 1. The number of esters is 1. The first-order valence-electron chi connectivity index (χ1n) is 11.6. The summed E-state index contributed by atoms with van der Waals surface area (Å²) in [6, 6.07) is 0. The van der Waals surface area contributed by atoms with E-state index in [9.17, 15) is 4.79 Å². The molecule has 3 heteroatoms. The maximum Gasteiger partial charge on any atom is 0.333 e. The third-order valence-corrected chi connectivity index (χ3v) is 5.29. The first-order chi connectivity index (χ1) is 13.2. The topological polar surface area (TPSA) is 46.5 Å². The average molecular weight is 383 g/mol. The minimum absolute atomic E-state index is 0.171. The summed E-state index contributed by atoms with van der Waals surface area (Å²) in [6.45, 7) is 4.58. The molecule has 0 aromatic carbocycles. The van der Waals surface area contributed by atoms with Crippen LogP contribution in [0.25, 0.3) is 0 Å². The zero-order valence-electron chi connectivity index (χ0n) is 18.3. The van der Waals surface area contributed by atoms with Gasteiger partial charge in [0.15, 0.2) is 0 Å². The van der Waals surface area contributed by atoms with Crippen molar-refractivity contribution in [1.82, 2.24) is 0 Å². The van der Waals surface area contributed by atoms with Crippen molar-refractivity contribution in [3.63, 3.8) is 0 Å². The predicted molar refractivity (Wildman–Crippen MR) is 116 cm³/mol. The molecule has 160 valence electrons. The lowest BCUT2D eigenvalue weighted by molar-refractivity contribution is -0.139. The Hall–Kier alpha value is -0.830. The lowest BCUT2D eigenvalue weighted by atomic mass is 10.0. The Kier molecular flexibility index (Phi) is 20.8. The normalized spacial score (nSPS) is 11.7. The van der Waals surface area contributed by atoms with Gasteiger partial charge in [0.25, 0.3) is 0 Å². The fraction of sp³-hybridized carbons (Fsp3) is 0.875. The molecule has 0 saturated heterocycles. The molecule has 0 heterocycles. The summed E-state index contributed by atoms with van der Waals surface area (Å²) in [7, 11) is 0. The summed E-state index contributed by atoms with van der Waals surface area (Å²) in [6.07, 6.45) is 23.8. The maximum atomic E-state index is 11.5. The molecule has 0 unspecified atom stereocenters. The van der Waals surface area contributed by atoms with Gasteiger partial charge in [0, 0.05) is 12.2 Å². The number of allylic oxidation sites excluding steroid dienone is 1. The molecule has 0 amide bonds. The van der Waals surface area contributed by atoms with Gasteiger partial charge in [0.05, 0.1) is 6.61 Å². The van der Waals surface area contributed by atoms with Crippen LogP contribution in [0.15, 0.2) is 11.6 Å². The van der Waals surface area contributed by atoms with E-state index in [1.54, 1.807) is 13.0 Å². The molecule has 0 spiro atoms. The van der Waals surface area contributed by atoms with Crippen LogP contribution in [0.4, 0.5) is 0 Å². The number of rotatable bonds is 20. The van der Waals surface area contributed by atoms with Gasteiger partial charge < -0.3 is 9.84 Å². The number of carbonyl (C=O) groups excluding carboxylic acids is 1. The standard InChI is InChI=1S/C24H46O3/c1-3-23(2)24(26)27-22-20-18-16-14-12-10-8-6-4-5-7-9-11-13-15-17-19-21-25/h3,25H,4-22H2,1-2H3. The van der Waals surface area contributed by atoms with Gasteiger partial charge in [-0.3, -0.25) is 0 Å². The van der Waals surface area contributed by atoms with Gasteiger partial charge in [-0.25, -0.2) is 4.79 Å². The Morgan fingerprint density at radius 3 is 1.33 bits per heavy atom. The quantitative estimate of drug-likeness (QED) is 0.138. The lowest BCUT2D eigenvalue weighted by Crippen LogP contribution is -2.06. The van der Waals surface area contributed by atoms with Crippen LogP contribution in [0.1, 0.15) is 123 Å². The second-order valence-electron chi connectivity index (χ2n) is 7.84. The molecule has 0 aromatic rings. The Labute approximate surface area is 169 Å².